The molecule has 1 atom stereocenters. The summed E-state index contributed by atoms with van der Waals surface area (Å²) in [6.07, 6.45) is 0.893. The van der Waals surface area contributed by atoms with Crippen molar-refractivity contribution in [3.8, 4) is 0 Å². The second-order valence-corrected chi connectivity index (χ2v) is 6.66. The molecule has 3 N–H and O–H groups in total. The monoisotopic (exact) mass is 346 g/mol. The maximum atomic E-state index is 5.81. The highest BCUT2D eigenvalue weighted by Gasteiger charge is 2.14. The number of nitrogens with one attached hydrogen (secondary N) is 1. The third-order valence-corrected chi connectivity index (χ3v) is 4.90. The Balaban J connectivity index is 2.33. The Labute approximate surface area is 135 Å². The van der Waals surface area contributed by atoms with Gasteiger partial charge in [0.1, 0.15) is 0 Å². The van der Waals surface area contributed by atoms with Crippen molar-refractivity contribution >= 4 is 15.9 Å². The molecule has 0 bridgehead atoms. The fourth-order valence-corrected chi connectivity index (χ4v) is 3.23. The lowest BCUT2D eigenvalue weighted by atomic mass is 9.91. The third kappa shape index (κ3) is 3.73. The van der Waals surface area contributed by atoms with E-state index in [0.29, 0.717) is 0 Å². The summed E-state index contributed by atoms with van der Waals surface area (Å²) in [5.74, 6) is 5.81. The van der Waals surface area contributed by atoms with E-state index in [-0.39, 0.29) is 6.04 Å². The van der Waals surface area contributed by atoms with Crippen LogP contribution in [0.15, 0.2) is 34.8 Å². The standard InChI is InChI=1S/C18H23BrN2/c1-11-7-13(3)16(14(4)8-11)10-18(21-20)15-6-5-12(2)17(19)9-15/h5-9,18,21H,10,20H2,1-4H3. The lowest BCUT2D eigenvalue weighted by Gasteiger charge is -2.20. The smallest absolute Gasteiger partial charge is 0.0500 e. The molecule has 112 valence electrons. The van der Waals surface area contributed by atoms with E-state index in [1.54, 1.807) is 0 Å². The summed E-state index contributed by atoms with van der Waals surface area (Å²) in [6, 6.07) is 11.0. The van der Waals surface area contributed by atoms with Crippen LogP contribution in [0.2, 0.25) is 0 Å². The number of hydrazine groups is 1. The van der Waals surface area contributed by atoms with Gasteiger partial charge in [0.25, 0.3) is 0 Å². The van der Waals surface area contributed by atoms with Crippen molar-refractivity contribution in [3.05, 3.63) is 68.2 Å². The molecule has 3 heteroatoms. The SMILES string of the molecule is Cc1cc(C)c(CC(NN)c2ccc(C)c(Br)c2)c(C)c1. The first-order chi connectivity index (χ1) is 9.92. The highest BCUT2D eigenvalue weighted by atomic mass is 79.9. The van der Waals surface area contributed by atoms with Crippen molar-refractivity contribution in [2.45, 2.75) is 40.2 Å². The fraction of sp³-hybridized carbons (Fsp3) is 0.333. The first-order valence-electron chi connectivity index (χ1n) is 7.21. The van der Waals surface area contributed by atoms with Gasteiger partial charge in [-0.05, 0) is 68.0 Å². The normalized spacial score (nSPS) is 12.5. The summed E-state index contributed by atoms with van der Waals surface area (Å²) in [4.78, 5) is 0. The Kier molecular flexibility index (Phi) is 5.20. The highest BCUT2D eigenvalue weighted by Crippen LogP contribution is 2.26. The quantitative estimate of drug-likeness (QED) is 0.634. The maximum Gasteiger partial charge on any atom is 0.0500 e. The van der Waals surface area contributed by atoms with E-state index in [4.69, 9.17) is 5.84 Å². The van der Waals surface area contributed by atoms with Gasteiger partial charge in [-0.3, -0.25) is 11.3 Å². The molecule has 0 aliphatic rings. The summed E-state index contributed by atoms with van der Waals surface area (Å²) in [5.41, 5.74) is 10.7. The first-order valence-corrected chi connectivity index (χ1v) is 8.00. The van der Waals surface area contributed by atoms with E-state index in [0.717, 1.165) is 10.9 Å². The second kappa shape index (κ2) is 6.73. The van der Waals surface area contributed by atoms with E-state index in [1.165, 1.54) is 33.4 Å². The Bertz CT molecular complexity index is 627. The number of nitrogens with two attached hydrogens (primary N) is 1. The molecule has 0 aliphatic carbocycles. The van der Waals surface area contributed by atoms with Crippen LogP contribution in [0.25, 0.3) is 0 Å². The molecular formula is C18H23BrN2. The van der Waals surface area contributed by atoms with Crippen molar-refractivity contribution in [2.75, 3.05) is 0 Å². The molecule has 0 spiro atoms. The van der Waals surface area contributed by atoms with E-state index in [9.17, 15) is 0 Å². The van der Waals surface area contributed by atoms with E-state index in [1.807, 2.05) is 0 Å². The number of aryl methyl sites for hydroxylation is 4. The molecule has 1 unspecified atom stereocenters. The van der Waals surface area contributed by atoms with Gasteiger partial charge in [0.2, 0.25) is 0 Å². The average molecular weight is 347 g/mol. The molecule has 0 amide bonds. The minimum absolute atomic E-state index is 0.113. The molecule has 21 heavy (non-hydrogen) atoms. The van der Waals surface area contributed by atoms with Gasteiger partial charge in [-0.15, -0.1) is 0 Å². The van der Waals surface area contributed by atoms with Gasteiger partial charge in [0.05, 0.1) is 6.04 Å². The van der Waals surface area contributed by atoms with Crippen LogP contribution >= 0.6 is 15.9 Å². The van der Waals surface area contributed by atoms with Crippen molar-refractivity contribution in [1.29, 1.82) is 0 Å². The van der Waals surface area contributed by atoms with Gasteiger partial charge < -0.3 is 0 Å². The maximum absolute atomic E-state index is 5.81. The molecule has 0 aliphatic heterocycles. The zero-order chi connectivity index (χ0) is 15.6. The lowest BCUT2D eigenvalue weighted by molar-refractivity contribution is 0.549. The molecule has 0 fully saturated rings. The van der Waals surface area contributed by atoms with Gasteiger partial charge in [-0.1, -0.05) is 45.8 Å². The van der Waals surface area contributed by atoms with Crippen LogP contribution in [0.3, 0.4) is 0 Å². The van der Waals surface area contributed by atoms with E-state index < -0.39 is 0 Å². The van der Waals surface area contributed by atoms with Gasteiger partial charge >= 0.3 is 0 Å². The molecular weight excluding hydrogens is 324 g/mol. The molecule has 0 radical (unpaired) electrons. The molecule has 2 rings (SSSR count). The van der Waals surface area contributed by atoms with Crippen LogP contribution < -0.4 is 11.3 Å². The van der Waals surface area contributed by atoms with Crippen LogP contribution in [0, 0.1) is 27.7 Å². The van der Waals surface area contributed by atoms with Gasteiger partial charge in [-0.2, -0.15) is 0 Å². The first kappa shape index (κ1) is 16.2. The summed E-state index contributed by atoms with van der Waals surface area (Å²) >= 11 is 3.60. The minimum Gasteiger partial charge on any atom is -0.271 e. The Morgan fingerprint density at radius 1 is 1.00 bits per heavy atom. The molecule has 2 aromatic rings. The minimum atomic E-state index is 0.113. The second-order valence-electron chi connectivity index (χ2n) is 5.81. The van der Waals surface area contributed by atoms with Crippen LogP contribution in [0.1, 0.15) is 39.4 Å². The summed E-state index contributed by atoms with van der Waals surface area (Å²) < 4.78 is 1.12. The van der Waals surface area contributed by atoms with Crippen molar-refractivity contribution in [2.24, 2.45) is 5.84 Å². The predicted octanol–water partition coefficient (Wildman–Crippen LogP) is 4.43. The zero-order valence-corrected chi connectivity index (χ0v) is 14.7. The van der Waals surface area contributed by atoms with Crippen molar-refractivity contribution < 1.29 is 0 Å². The summed E-state index contributed by atoms with van der Waals surface area (Å²) in [5, 5.41) is 0. The topological polar surface area (TPSA) is 38.0 Å². The largest absolute Gasteiger partial charge is 0.271 e. The molecule has 2 nitrogen and oxygen atoms in total. The van der Waals surface area contributed by atoms with Crippen molar-refractivity contribution in [1.82, 2.24) is 5.43 Å². The number of hydrogen-bond donors (Lipinski definition) is 2. The number of halogens is 1. The van der Waals surface area contributed by atoms with E-state index >= 15 is 0 Å². The Morgan fingerprint density at radius 3 is 2.14 bits per heavy atom. The molecule has 0 aromatic heterocycles. The molecule has 0 saturated heterocycles. The zero-order valence-electron chi connectivity index (χ0n) is 13.1. The van der Waals surface area contributed by atoms with Crippen LogP contribution in [0.5, 0.6) is 0 Å². The van der Waals surface area contributed by atoms with Gasteiger partial charge in [0, 0.05) is 4.47 Å². The molecule has 0 saturated carbocycles. The number of rotatable bonds is 4. The lowest BCUT2D eigenvalue weighted by Crippen LogP contribution is -2.30. The number of benzene rings is 2. The fourth-order valence-electron chi connectivity index (χ4n) is 2.83. The molecule has 2 aromatic carbocycles. The van der Waals surface area contributed by atoms with Gasteiger partial charge in [0.15, 0.2) is 0 Å². The number of hydrogen-bond acceptors (Lipinski definition) is 2. The highest BCUT2D eigenvalue weighted by molar-refractivity contribution is 9.10. The third-order valence-electron chi connectivity index (χ3n) is 4.05. The Hall–Kier alpha value is -1.16. The van der Waals surface area contributed by atoms with Gasteiger partial charge in [-0.25, -0.2) is 0 Å². The summed E-state index contributed by atoms with van der Waals surface area (Å²) in [7, 11) is 0. The van der Waals surface area contributed by atoms with Crippen molar-refractivity contribution in [3.63, 3.8) is 0 Å². The van der Waals surface area contributed by atoms with Crippen LogP contribution in [-0.4, -0.2) is 0 Å². The summed E-state index contributed by atoms with van der Waals surface area (Å²) in [6.45, 7) is 8.58. The Morgan fingerprint density at radius 2 is 1.62 bits per heavy atom. The molecule has 0 heterocycles. The predicted molar refractivity (Wildman–Crippen MR) is 93.3 cm³/mol. The van der Waals surface area contributed by atoms with Crippen LogP contribution in [0.4, 0.5) is 0 Å². The van der Waals surface area contributed by atoms with Crippen LogP contribution in [-0.2, 0) is 6.42 Å². The average Bonchev–Trinajstić information content (AvgIpc) is 2.41. The van der Waals surface area contributed by atoms with E-state index in [2.05, 4.69) is 79.4 Å².